The first-order valence-electron chi connectivity index (χ1n) is 13.1. The van der Waals surface area contributed by atoms with E-state index in [9.17, 15) is 14.3 Å². The summed E-state index contributed by atoms with van der Waals surface area (Å²) in [6, 6.07) is 0. The Labute approximate surface area is 193 Å². The lowest BCUT2D eigenvalue weighted by Crippen LogP contribution is -2.02. The summed E-state index contributed by atoms with van der Waals surface area (Å²) < 4.78 is 17.1. The van der Waals surface area contributed by atoms with Crippen LogP contribution in [0.4, 0.5) is 0 Å². The van der Waals surface area contributed by atoms with Crippen LogP contribution in [0.5, 0.6) is 0 Å². The molecule has 0 bridgehead atoms. The molecule has 0 heterocycles. The van der Waals surface area contributed by atoms with Gasteiger partial charge in [0.05, 0.1) is 6.61 Å². The smallest absolute Gasteiger partial charge is 0.330 e. The predicted octanol–water partition coefficient (Wildman–Crippen LogP) is 8.42. The zero-order chi connectivity index (χ0) is 23.0. The van der Waals surface area contributed by atoms with Crippen molar-refractivity contribution in [2.24, 2.45) is 0 Å². The molecule has 1 atom stereocenters. The van der Waals surface area contributed by atoms with E-state index in [4.69, 9.17) is 4.74 Å². The van der Waals surface area contributed by atoms with Gasteiger partial charge in [-0.15, -0.1) is 0 Å². The largest absolute Gasteiger partial charge is 0.463 e. The van der Waals surface area contributed by atoms with Crippen LogP contribution >= 0.6 is 7.37 Å². The highest BCUT2D eigenvalue weighted by atomic mass is 31.2. The Morgan fingerprint density at radius 2 is 1.06 bits per heavy atom. The lowest BCUT2D eigenvalue weighted by Gasteiger charge is -2.11. The van der Waals surface area contributed by atoms with Crippen molar-refractivity contribution in [3.8, 4) is 0 Å². The minimum atomic E-state index is -2.98. The van der Waals surface area contributed by atoms with Crippen molar-refractivity contribution in [1.29, 1.82) is 0 Å². The molecule has 0 radical (unpaired) electrons. The molecule has 1 N–H and O–H groups in total. The Kier molecular flexibility index (Phi) is 22.2. The summed E-state index contributed by atoms with van der Waals surface area (Å²) in [4.78, 5) is 21.0. The summed E-state index contributed by atoms with van der Waals surface area (Å²) in [5, 5.41) is 0. The molecule has 4 nitrogen and oxygen atoms in total. The summed E-state index contributed by atoms with van der Waals surface area (Å²) in [5.41, 5.74) is 0. The van der Waals surface area contributed by atoms with Crippen molar-refractivity contribution < 1.29 is 19.0 Å². The van der Waals surface area contributed by atoms with Gasteiger partial charge in [0, 0.05) is 18.4 Å². The molecule has 0 saturated heterocycles. The first kappa shape index (κ1) is 30.4. The third-order valence-corrected chi connectivity index (χ3v) is 7.95. The normalized spacial score (nSPS) is 13.1. The number of unbranched alkanes of at least 4 members (excludes halogenated alkanes) is 17. The summed E-state index contributed by atoms with van der Waals surface area (Å²) in [5.74, 6) is -0.406. The van der Waals surface area contributed by atoms with Gasteiger partial charge in [-0.05, 0) is 25.7 Å². The molecule has 0 aliphatic rings. The van der Waals surface area contributed by atoms with E-state index in [1.807, 2.05) is 0 Å². The minimum Gasteiger partial charge on any atom is -0.463 e. The van der Waals surface area contributed by atoms with Crippen LogP contribution in [0.3, 0.4) is 0 Å². The number of carbonyl (C=O) groups is 1. The third kappa shape index (κ3) is 23.9. The van der Waals surface area contributed by atoms with E-state index in [2.05, 4.69) is 13.5 Å². The molecule has 5 heteroatoms. The van der Waals surface area contributed by atoms with E-state index >= 15 is 0 Å². The second kappa shape index (κ2) is 22.6. The molecule has 0 aromatic carbocycles. The van der Waals surface area contributed by atoms with Gasteiger partial charge in [-0.1, -0.05) is 110 Å². The molecular formula is C26H51O4P. The van der Waals surface area contributed by atoms with Gasteiger partial charge in [0.15, 0.2) is 0 Å². The molecule has 0 fully saturated rings. The van der Waals surface area contributed by atoms with Crippen LogP contribution in [0.2, 0.25) is 0 Å². The van der Waals surface area contributed by atoms with Gasteiger partial charge in [0.25, 0.3) is 0 Å². The standard InChI is InChI=1S/C26H51O4P/c1-3-5-6-7-8-9-10-11-12-13-14-15-16-17-18-21-24-31(28,29)25-22-19-20-23-30-26(27)4-2/h4H,2-3,5-25H2,1H3,(H,28,29). The number of hydrogen-bond acceptors (Lipinski definition) is 3. The molecule has 0 aromatic rings. The average Bonchev–Trinajstić information content (AvgIpc) is 2.75. The molecule has 0 aliphatic carbocycles. The molecule has 0 spiro atoms. The van der Waals surface area contributed by atoms with E-state index in [-0.39, 0.29) is 0 Å². The minimum absolute atomic E-state index is 0.361. The van der Waals surface area contributed by atoms with E-state index in [0.29, 0.717) is 18.9 Å². The quantitative estimate of drug-likeness (QED) is 0.0682. The van der Waals surface area contributed by atoms with Crippen LogP contribution in [-0.2, 0) is 14.1 Å². The maximum absolute atomic E-state index is 12.2. The maximum atomic E-state index is 12.2. The van der Waals surface area contributed by atoms with Gasteiger partial charge >= 0.3 is 5.97 Å². The highest BCUT2D eigenvalue weighted by molar-refractivity contribution is 7.57. The second-order valence-electron chi connectivity index (χ2n) is 9.03. The summed E-state index contributed by atoms with van der Waals surface area (Å²) >= 11 is 0. The third-order valence-electron chi connectivity index (χ3n) is 5.92. The molecule has 0 saturated carbocycles. The first-order valence-corrected chi connectivity index (χ1v) is 15.1. The van der Waals surface area contributed by atoms with Crippen LogP contribution < -0.4 is 0 Å². The Balaban J connectivity index is 3.32. The van der Waals surface area contributed by atoms with Gasteiger partial charge in [0.2, 0.25) is 7.37 Å². The van der Waals surface area contributed by atoms with Crippen LogP contribution in [0, 0.1) is 0 Å². The molecule has 0 rings (SSSR count). The molecule has 1 unspecified atom stereocenters. The Morgan fingerprint density at radius 3 is 1.45 bits per heavy atom. The van der Waals surface area contributed by atoms with Crippen molar-refractivity contribution >= 4 is 13.3 Å². The SMILES string of the molecule is C=CC(=O)OCCCCCP(=O)(O)CCCCCCCCCCCCCCCCCC. The first-order chi connectivity index (χ1) is 15.0. The monoisotopic (exact) mass is 458 g/mol. The zero-order valence-electron chi connectivity index (χ0n) is 20.5. The van der Waals surface area contributed by atoms with Gasteiger partial charge < -0.3 is 9.63 Å². The lowest BCUT2D eigenvalue weighted by atomic mass is 10.0. The van der Waals surface area contributed by atoms with E-state index in [1.54, 1.807) is 0 Å². The number of carbonyl (C=O) groups excluding carboxylic acids is 1. The van der Waals surface area contributed by atoms with Crippen molar-refractivity contribution in [3.63, 3.8) is 0 Å². The average molecular weight is 459 g/mol. The van der Waals surface area contributed by atoms with Crippen LogP contribution in [0.25, 0.3) is 0 Å². The Morgan fingerprint density at radius 1 is 0.710 bits per heavy atom. The van der Waals surface area contributed by atoms with Crippen molar-refractivity contribution in [2.45, 2.75) is 129 Å². The van der Waals surface area contributed by atoms with Crippen LogP contribution in [0.1, 0.15) is 129 Å². The Hall–Kier alpha value is -0.600. The molecule has 0 aliphatic heterocycles. The molecule has 0 amide bonds. The van der Waals surface area contributed by atoms with E-state index in [0.717, 1.165) is 38.2 Å². The molecule has 0 aromatic heterocycles. The van der Waals surface area contributed by atoms with Crippen molar-refractivity contribution in [3.05, 3.63) is 12.7 Å². The van der Waals surface area contributed by atoms with Gasteiger partial charge in [0.1, 0.15) is 0 Å². The fraction of sp³-hybridized carbons (Fsp3) is 0.885. The van der Waals surface area contributed by atoms with Gasteiger partial charge in [-0.2, -0.15) is 0 Å². The fourth-order valence-corrected chi connectivity index (χ4v) is 5.55. The van der Waals surface area contributed by atoms with E-state index < -0.39 is 13.3 Å². The summed E-state index contributed by atoms with van der Waals surface area (Å²) in [7, 11) is -2.98. The highest BCUT2D eigenvalue weighted by Gasteiger charge is 2.16. The number of hydrogen-bond donors (Lipinski definition) is 1. The van der Waals surface area contributed by atoms with Crippen molar-refractivity contribution in [2.75, 3.05) is 18.9 Å². The molecule has 31 heavy (non-hydrogen) atoms. The zero-order valence-corrected chi connectivity index (χ0v) is 21.4. The van der Waals surface area contributed by atoms with E-state index in [1.165, 1.54) is 89.9 Å². The summed E-state index contributed by atoms with van der Waals surface area (Å²) in [6.45, 7) is 5.98. The number of rotatable bonds is 24. The van der Waals surface area contributed by atoms with Gasteiger partial charge in [-0.3, -0.25) is 4.57 Å². The highest BCUT2D eigenvalue weighted by Crippen LogP contribution is 2.42. The topological polar surface area (TPSA) is 63.6 Å². The van der Waals surface area contributed by atoms with Crippen molar-refractivity contribution in [1.82, 2.24) is 0 Å². The predicted molar refractivity (Wildman–Crippen MR) is 134 cm³/mol. The lowest BCUT2D eigenvalue weighted by molar-refractivity contribution is -0.137. The number of esters is 1. The second-order valence-corrected chi connectivity index (χ2v) is 11.6. The van der Waals surface area contributed by atoms with Gasteiger partial charge in [-0.25, -0.2) is 4.79 Å². The Bertz CT molecular complexity index is 464. The molecular weight excluding hydrogens is 407 g/mol. The molecule has 184 valence electrons. The van der Waals surface area contributed by atoms with Crippen LogP contribution in [-0.4, -0.2) is 29.8 Å². The van der Waals surface area contributed by atoms with Crippen LogP contribution in [0.15, 0.2) is 12.7 Å². The number of ether oxygens (including phenoxy) is 1. The maximum Gasteiger partial charge on any atom is 0.330 e. The summed E-state index contributed by atoms with van der Waals surface area (Å²) in [6.07, 6.45) is 25.3. The fourth-order valence-electron chi connectivity index (χ4n) is 3.89.